The third kappa shape index (κ3) is 1.47. The molecule has 0 spiro atoms. The zero-order valence-corrected chi connectivity index (χ0v) is 12.2. The molecule has 0 saturated heterocycles. The molecule has 2 bridgehead atoms. The highest BCUT2D eigenvalue weighted by Crippen LogP contribution is 2.69. The number of hydrogen-bond acceptors (Lipinski definition) is 1. The molecule has 1 heterocycles. The van der Waals surface area contributed by atoms with Crippen LogP contribution < -0.4 is 0 Å². The van der Waals surface area contributed by atoms with Crippen LogP contribution in [0.4, 0.5) is 0 Å². The number of carboxylic acids is 1. The zero-order chi connectivity index (χ0) is 14.0. The lowest BCUT2D eigenvalue weighted by Crippen LogP contribution is -2.33. The van der Waals surface area contributed by atoms with Crippen LogP contribution in [0.2, 0.25) is 0 Å². The molecule has 1 aromatic heterocycles. The molecule has 0 amide bonds. The number of nitrogens with zero attached hydrogens (tertiary/aromatic N) is 1. The predicted octanol–water partition coefficient (Wildman–Crippen LogP) is 3.88. The van der Waals surface area contributed by atoms with Crippen LogP contribution in [-0.4, -0.2) is 15.6 Å². The first kappa shape index (κ1) is 12.8. The fourth-order valence-electron chi connectivity index (χ4n) is 4.62. The fraction of sp³-hybridized carbons (Fsp3) is 0.688. The minimum Gasteiger partial charge on any atom is -0.478 e. The van der Waals surface area contributed by atoms with Crippen molar-refractivity contribution >= 4 is 5.97 Å². The molecule has 2 fully saturated rings. The highest BCUT2D eigenvalue weighted by atomic mass is 16.4. The second-order valence-corrected chi connectivity index (χ2v) is 7.21. The van der Waals surface area contributed by atoms with Crippen molar-refractivity contribution < 1.29 is 9.90 Å². The largest absolute Gasteiger partial charge is 0.478 e. The van der Waals surface area contributed by atoms with Gasteiger partial charge >= 0.3 is 5.97 Å². The van der Waals surface area contributed by atoms with Crippen LogP contribution in [0, 0.1) is 23.7 Å². The second kappa shape index (κ2) is 3.65. The van der Waals surface area contributed by atoms with Gasteiger partial charge in [-0.3, -0.25) is 0 Å². The van der Waals surface area contributed by atoms with Crippen LogP contribution in [0.5, 0.6) is 0 Å². The van der Waals surface area contributed by atoms with E-state index in [1.54, 1.807) is 6.07 Å². The number of carboxylic acid groups (broad SMARTS) is 1. The maximum absolute atomic E-state index is 11.1. The van der Waals surface area contributed by atoms with E-state index in [2.05, 4.69) is 25.3 Å². The summed E-state index contributed by atoms with van der Waals surface area (Å²) in [4.78, 5) is 11.1. The molecule has 0 radical (unpaired) electrons. The molecule has 2 aliphatic carbocycles. The molecule has 0 aliphatic heterocycles. The third-order valence-corrected chi connectivity index (χ3v) is 6.38. The summed E-state index contributed by atoms with van der Waals surface area (Å²) in [5, 5.41) is 9.15. The van der Waals surface area contributed by atoms with Crippen molar-refractivity contribution in [1.29, 1.82) is 0 Å². The first-order valence-corrected chi connectivity index (χ1v) is 7.19. The monoisotopic (exact) mass is 261 g/mol. The molecule has 2 saturated carbocycles. The third-order valence-electron chi connectivity index (χ3n) is 6.38. The van der Waals surface area contributed by atoms with Gasteiger partial charge < -0.3 is 9.67 Å². The van der Waals surface area contributed by atoms with E-state index in [1.165, 1.54) is 19.3 Å². The van der Waals surface area contributed by atoms with Gasteiger partial charge in [-0.15, -0.1) is 0 Å². The molecule has 2 aliphatic rings. The highest BCUT2D eigenvalue weighted by molar-refractivity contribution is 5.87. The Labute approximate surface area is 114 Å². The normalized spacial score (nSPS) is 35.8. The van der Waals surface area contributed by atoms with Gasteiger partial charge in [0.05, 0.1) is 5.56 Å². The van der Waals surface area contributed by atoms with E-state index in [4.69, 9.17) is 5.11 Å². The molecule has 3 nitrogen and oxygen atoms in total. The van der Waals surface area contributed by atoms with Crippen LogP contribution in [0.3, 0.4) is 0 Å². The van der Waals surface area contributed by atoms with Gasteiger partial charge in [0.25, 0.3) is 0 Å². The summed E-state index contributed by atoms with van der Waals surface area (Å²) in [6.45, 7) is 9.20. The first-order chi connectivity index (χ1) is 8.77. The van der Waals surface area contributed by atoms with Crippen molar-refractivity contribution in [1.82, 2.24) is 4.57 Å². The molecular weight excluding hydrogens is 238 g/mol. The maximum atomic E-state index is 11.1. The van der Waals surface area contributed by atoms with E-state index in [9.17, 15) is 4.79 Å². The van der Waals surface area contributed by atoms with Crippen LogP contribution >= 0.6 is 0 Å². The van der Waals surface area contributed by atoms with Crippen LogP contribution in [-0.2, 0) is 0 Å². The van der Waals surface area contributed by atoms with Crippen molar-refractivity contribution in [3.63, 3.8) is 0 Å². The average molecular weight is 261 g/mol. The number of carbonyl (C=O) groups is 1. The Kier molecular flexibility index (Phi) is 2.45. The lowest BCUT2D eigenvalue weighted by Gasteiger charge is -2.40. The number of aryl methyl sites for hydroxylation is 1. The lowest BCUT2D eigenvalue weighted by atomic mass is 9.69. The molecular formula is C16H23NO2. The fourth-order valence-corrected chi connectivity index (χ4v) is 4.62. The smallest absolute Gasteiger partial charge is 0.337 e. The van der Waals surface area contributed by atoms with Crippen LogP contribution in [0.15, 0.2) is 12.3 Å². The van der Waals surface area contributed by atoms with E-state index in [1.807, 2.05) is 13.1 Å². The summed E-state index contributed by atoms with van der Waals surface area (Å²) in [6.07, 6.45) is 5.61. The Balaban J connectivity index is 2.03. The minimum atomic E-state index is -0.825. The van der Waals surface area contributed by atoms with E-state index >= 15 is 0 Å². The van der Waals surface area contributed by atoms with Crippen molar-refractivity contribution in [2.45, 2.75) is 53.0 Å². The number of rotatable bonds is 2. The van der Waals surface area contributed by atoms with Gasteiger partial charge in [-0.05, 0) is 49.0 Å². The topological polar surface area (TPSA) is 42.2 Å². The van der Waals surface area contributed by atoms with E-state index in [0.29, 0.717) is 17.0 Å². The van der Waals surface area contributed by atoms with Crippen molar-refractivity contribution in [2.24, 2.45) is 16.7 Å². The van der Waals surface area contributed by atoms with Gasteiger partial charge in [-0.1, -0.05) is 20.8 Å². The summed E-state index contributed by atoms with van der Waals surface area (Å²) in [7, 11) is 0. The van der Waals surface area contributed by atoms with Crippen molar-refractivity contribution in [3.8, 4) is 0 Å². The van der Waals surface area contributed by atoms with E-state index < -0.39 is 5.97 Å². The van der Waals surface area contributed by atoms with Gasteiger partial charge in [0.2, 0.25) is 0 Å². The van der Waals surface area contributed by atoms with Crippen LogP contribution in [0.25, 0.3) is 0 Å². The molecule has 3 heteroatoms. The van der Waals surface area contributed by atoms with Crippen molar-refractivity contribution in [3.05, 3.63) is 23.5 Å². The predicted molar refractivity (Wildman–Crippen MR) is 74.4 cm³/mol. The molecule has 3 rings (SSSR count). The van der Waals surface area contributed by atoms with Gasteiger partial charge in [0.1, 0.15) is 0 Å². The van der Waals surface area contributed by atoms with Gasteiger partial charge in [-0.25, -0.2) is 4.79 Å². The quantitative estimate of drug-likeness (QED) is 0.877. The molecule has 1 aromatic rings. The van der Waals surface area contributed by atoms with Gasteiger partial charge in [0, 0.05) is 17.9 Å². The molecule has 19 heavy (non-hydrogen) atoms. The van der Waals surface area contributed by atoms with Crippen LogP contribution in [0.1, 0.15) is 62.1 Å². The Morgan fingerprint density at radius 2 is 2.11 bits per heavy atom. The van der Waals surface area contributed by atoms with E-state index in [0.717, 1.165) is 11.6 Å². The molecule has 3 unspecified atom stereocenters. The Hall–Kier alpha value is -1.25. The Morgan fingerprint density at radius 1 is 1.42 bits per heavy atom. The SMILES string of the molecule is Cc1cc(C(=O)O)cn1C1CC2CCC1(C)C2(C)C. The maximum Gasteiger partial charge on any atom is 0.337 e. The van der Waals surface area contributed by atoms with Gasteiger partial charge in [0.15, 0.2) is 0 Å². The number of aromatic nitrogens is 1. The standard InChI is InChI=1S/C16H23NO2/c1-10-7-11(14(18)19)9-17(10)13-8-12-5-6-16(13,4)15(12,2)3/h7,9,12-13H,5-6,8H2,1-4H3,(H,18,19). The average Bonchev–Trinajstić information content (AvgIpc) is 2.86. The van der Waals surface area contributed by atoms with Crippen molar-refractivity contribution in [2.75, 3.05) is 0 Å². The number of fused-ring (bicyclic) bond motifs is 2. The Bertz CT molecular complexity index is 543. The van der Waals surface area contributed by atoms with Gasteiger partial charge in [-0.2, -0.15) is 0 Å². The summed E-state index contributed by atoms with van der Waals surface area (Å²) < 4.78 is 2.23. The Morgan fingerprint density at radius 3 is 2.53 bits per heavy atom. The highest BCUT2D eigenvalue weighted by Gasteiger charge is 2.61. The molecule has 1 N–H and O–H groups in total. The zero-order valence-electron chi connectivity index (χ0n) is 12.2. The second-order valence-electron chi connectivity index (χ2n) is 7.21. The summed E-state index contributed by atoms with van der Waals surface area (Å²) in [6, 6.07) is 2.25. The molecule has 104 valence electrons. The number of aromatic carboxylic acids is 1. The summed E-state index contributed by atoms with van der Waals surface area (Å²) in [5.74, 6) is -0.0491. The first-order valence-electron chi connectivity index (χ1n) is 7.19. The molecule has 3 atom stereocenters. The minimum absolute atomic E-state index is 0.289. The summed E-state index contributed by atoms with van der Waals surface area (Å²) >= 11 is 0. The molecule has 0 aromatic carbocycles. The van der Waals surface area contributed by atoms with E-state index in [-0.39, 0.29) is 5.41 Å². The summed E-state index contributed by atoms with van der Waals surface area (Å²) in [5.41, 5.74) is 2.14. The lowest BCUT2D eigenvalue weighted by molar-refractivity contribution is 0.0696. The number of hydrogen-bond donors (Lipinski definition) is 1.